The maximum Gasteiger partial charge on any atom is 0.238 e. The van der Waals surface area contributed by atoms with Crippen LogP contribution in [0, 0.1) is 6.92 Å². The summed E-state index contributed by atoms with van der Waals surface area (Å²) in [6.45, 7) is 3.57. The second-order valence-electron chi connectivity index (χ2n) is 4.75. The molecule has 0 aromatic carbocycles. The van der Waals surface area contributed by atoms with Gasteiger partial charge < -0.3 is 14.4 Å². The molecule has 1 amide bonds. The molecular weight excluding hydrogens is 336 g/mol. The Labute approximate surface area is 140 Å². The number of nitrogens with zero attached hydrogens (tertiary/aromatic N) is 3. The summed E-state index contributed by atoms with van der Waals surface area (Å²) in [5.41, 5.74) is 0. The van der Waals surface area contributed by atoms with Gasteiger partial charge in [0.25, 0.3) is 0 Å². The van der Waals surface area contributed by atoms with Crippen LogP contribution in [-0.4, -0.2) is 26.5 Å². The van der Waals surface area contributed by atoms with Gasteiger partial charge in [-0.2, -0.15) is 4.98 Å². The average molecular weight is 350 g/mol. The van der Waals surface area contributed by atoms with Crippen LogP contribution >= 0.6 is 23.1 Å². The van der Waals surface area contributed by atoms with E-state index in [4.69, 9.17) is 9.05 Å². The molecule has 3 aromatic heterocycles. The minimum Gasteiger partial charge on any atom is -0.360 e. The number of carbonyl (C=O) groups excluding carboxylic acids is 1. The number of nitrogens with one attached hydrogen (secondary N) is 1. The van der Waals surface area contributed by atoms with E-state index in [0.717, 1.165) is 4.88 Å². The standard InChI is InChI=1S/C14H14N4O3S2/c1-8-6-11(17-20-8)15-14(19)9(2)23-7-12-16-13(18-21-12)10-4-3-5-22-10/h3-6,9H,7H2,1-2H3,(H,15,17,19). The zero-order valence-electron chi connectivity index (χ0n) is 12.5. The Morgan fingerprint density at radius 3 is 3.00 bits per heavy atom. The number of hydrogen-bond donors (Lipinski definition) is 1. The highest BCUT2D eigenvalue weighted by Crippen LogP contribution is 2.24. The van der Waals surface area contributed by atoms with Crippen molar-refractivity contribution in [2.45, 2.75) is 24.9 Å². The first-order valence-electron chi connectivity index (χ1n) is 6.84. The third-order valence-corrected chi connectivity index (χ3v) is 4.91. The van der Waals surface area contributed by atoms with Gasteiger partial charge in [0.2, 0.25) is 17.6 Å². The van der Waals surface area contributed by atoms with Crippen LogP contribution in [0.5, 0.6) is 0 Å². The fourth-order valence-corrected chi connectivity index (χ4v) is 3.11. The van der Waals surface area contributed by atoms with Gasteiger partial charge >= 0.3 is 0 Å². The minimum atomic E-state index is -0.288. The summed E-state index contributed by atoms with van der Waals surface area (Å²) in [5, 5.41) is 12.0. The van der Waals surface area contributed by atoms with Crippen molar-refractivity contribution in [2.24, 2.45) is 0 Å². The van der Waals surface area contributed by atoms with Gasteiger partial charge in [-0.05, 0) is 25.3 Å². The lowest BCUT2D eigenvalue weighted by atomic mass is 10.4. The van der Waals surface area contributed by atoms with E-state index in [1.807, 2.05) is 24.4 Å². The molecule has 7 nitrogen and oxygen atoms in total. The monoisotopic (exact) mass is 350 g/mol. The van der Waals surface area contributed by atoms with Gasteiger partial charge in [-0.1, -0.05) is 16.4 Å². The normalized spacial score (nSPS) is 12.3. The van der Waals surface area contributed by atoms with Gasteiger partial charge in [0, 0.05) is 6.07 Å². The van der Waals surface area contributed by atoms with Gasteiger partial charge in [0.15, 0.2) is 5.82 Å². The Bertz CT molecular complexity index is 782. The summed E-state index contributed by atoms with van der Waals surface area (Å²) in [6, 6.07) is 5.53. The van der Waals surface area contributed by atoms with Gasteiger partial charge in [-0.15, -0.1) is 23.1 Å². The first-order valence-corrected chi connectivity index (χ1v) is 8.77. The summed E-state index contributed by atoms with van der Waals surface area (Å²) < 4.78 is 10.1. The van der Waals surface area contributed by atoms with Crippen LogP contribution < -0.4 is 5.32 Å². The molecule has 3 aromatic rings. The fraction of sp³-hybridized carbons (Fsp3) is 0.286. The van der Waals surface area contributed by atoms with Crippen LogP contribution in [0.2, 0.25) is 0 Å². The Balaban J connectivity index is 1.52. The van der Waals surface area contributed by atoms with Gasteiger partial charge in [-0.25, -0.2) is 0 Å². The van der Waals surface area contributed by atoms with E-state index in [0.29, 0.717) is 29.0 Å². The first kappa shape index (κ1) is 15.8. The number of thiophene rings is 1. The van der Waals surface area contributed by atoms with E-state index >= 15 is 0 Å². The third kappa shape index (κ3) is 3.99. The lowest BCUT2D eigenvalue weighted by Gasteiger charge is -2.08. The molecule has 120 valence electrons. The van der Waals surface area contributed by atoms with Gasteiger partial charge in [-0.3, -0.25) is 4.79 Å². The maximum absolute atomic E-state index is 12.1. The number of hydrogen-bond acceptors (Lipinski definition) is 8. The van der Waals surface area contributed by atoms with Crippen LogP contribution in [0.3, 0.4) is 0 Å². The zero-order chi connectivity index (χ0) is 16.2. The van der Waals surface area contributed by atoms with Crippen molar-refractivity contribution in [2.75, 3.05) is 5.32 Å². The molecule has 1 N–H and O–H groups in total. The third-order valence-electron chi connectivity index (χ3n) is 2.91. The van der Waals surface area contributed by atoms with E-state index in [-0.39, 0.29) is 11.2 Å². The fourth-order valence-electron chi connectivity index (χ4n) is 1.74. The summed E-state index contributed by atoms with van der Waals surface area (Å²) in [5.74, 6) is 2.44. The zero-order valence-corrected chi connectivity index (χ0v) is 14.1. The molecule has 3 heterocycles. The number of thioether (sulfide) groups is 1. The van der Waals surface area contributed by atoms with Gasteiger partial charge in [0.05, 0.1) is 15.9 Å². The van der Waals surface area contributed by atoms with Crippen LogP contribution in [0.25, 0.3) is 10.7 Å². The number of aryl methyl sites for hydroxylation is 1. The smallest absolute Gasteiger partial charge is 0.238 e. The van der Waals surface area contributed by atoms with Crippen molar-refractivity contribution in [1.82, 2.24) is 15.3 Å². The summed E-state index contributed by atoms with van der Waals surface area (Å²) >= 11 is 2.96. The van der Waals surface area contributed by atoms with E-state index in [9.17, 15) is 4.79 Å². The lowest BCUT2D eigenvalue weighted by Crippen LogP contribution is -2.22. The van der Waals surface area contributed by atoms with Crippen LogP contribution in [0.1, 0.15) is 18.6 Å². The highest BCUT2D eigenvalue weighted by Gasteiger charge is 2.17. The Kier molecular flexibility index (Phi) is 4.77. The van der Waals surface area contributed by atoms with E-state index in [2.05, 4.69) is 20.6 Å². The molecule has 0 bridgehead atoms. The molecule has 23 heavy (non-hydrogen) atoms. The van der Waals surface area contributed by atoms with Gasteiger partial charge in [0.1, 0.15) is 5.76 Å². The van der Waals surface area contributed by atoms with E-state index in [1.165, 1.54) is 11.8 Å². The molecule has 3 rings (SSSR count). The number of amides is 1. The summed E-state index contributed by atoms with van der Waals surface area (Å²) in [6.07, 6.45) is 0. The SMILES string of the molecule is Cc1cc(NC(=O)C(C)SCc2nc(-c3cccs3)no2)no1. The maximum atomic E-state index is 12.1. The predicted molar refractivity (Wildman–Crippen MR) is 88.2 cm³/mol. The Morgan fingerprint density at radius 1 is 1.43 bits per heavy atom. The molecular formula is C14H14N4O3S2. The molecule has 0 radical (unpaired) electrons. The highest BCUT2D eigenvalue weighted by molar-refractivity contribution is 7.99. The molecule has 0 aliphatic carbocycles. The van der Waals surface area contributed by atoms with Crippen molar-refractivity contribution < 1.29 is 13.8 Å². The number of rotatable bonds is 6. The molecule has 0 aliphatic heterocycles. The van der Waals surface area contributed by atoms with Crippen LogP contribution in [0.15, 0.2) is 32.6 Å². The molecule has 0 fully saturated rings. The highest BCUT2D eigenvalue weighted by atomic mass is 32.2. The van der Waals surface area contributed by atoms with Crippen molar-refractivity contribution in [3.8, 4) is 10.7 Å². The molecule has 1 unspecified atom stereocenters. The molecule has 0 spiro atoms. The number of aromatic nitrogens is 3. The van der Waals surface area contributed by atoms with E-state index < -0.39 is 0 Å². The van der Waals surface area contributed by atoms with Crippen molar-refractivity contribution in [1.29, 1.82) is 0 Å². The van der Waals surface area contributed by atoms with Crippen molar-refractivity contribution in [3.63, 3.8) is 0 Å². The summed E-state index contributed by atoms with van der Waals surface area (Å²) in [7, 11) is 0. The Hall–Kier alpha value is -2.13. The minimum absolute atomic E-state index is 0.152. The molecule has 0 saturated heterocycles. The predicted octanol–water partition coefficient (Wildman–Crippen LogP) is 3.35. The quantitative estimate of drug-likeness (QED) is 0.728. The topological polar surface area (TPSA) is 94.1 Å². The molecule has 0 saturated carbocycles. The molecule has 9 heteroatoms. The van der Waals surface area contributed by atoms with Crippen molar-refractivity contribution in [3.05, 3.63) is 35.2 Å². The largest absolute Gasteiger partial charge is 0.360 e. The second kappa shape index (κ2) is 6.97. The average Bonchev–Trinajstić information content (AvgIpc) is 3.26. The molecule has 0 aliphatic rings. The lowest BCUT2D eigenvalue weighted by molar-refractivity contribution is -0.115. The number of carbonyl (C=O) groups is 1. The van der Waals surface area contributed by atoms with Crippen molar-refractivity contribution >= 4 is 34.8 Å². The molecule has 1 atom stereocenters. The Morgan fingerprint density at radius 2 is 2.30 bits per heavy atom. The second-order valence-corrected chi connectivity index (χ2v) is 7.03. The number of anilines is 1. The van der Waals surface area contributed by atoms with Crippen LogP contribution in [-0.2, 0) is 10.5 Å². The van der Waals surface area contributed by atoms with E-state index in [1.54, 1.807) is 24.3 Å². The summed E-state index contributed by atoms with van der Waals surface area (Å²) in [4.78, 5) is 17.3. The first-order chi connectivity index (χ1) is 11.1. The van der Waals surface area contributed by atoms with Crippen LogP contribution in [0.4, 0.5) is 5.82 Å².